The normalized spacial score (nSPS) is 14.8. The molecule has 0 saturated carbocycles. The highest BCUT2D eigenvalue weighted by atomic mass is 32.1. The number of aromatic nitrogens is 1. The first-order valence-corrected chi connectivity index (χ1v) is 9.69. The number of halogens is 1. The molecule has 0 atom stereocenters. The van der Waals surface area contributed by atoms with Crippen LogP contribution < -0.4 is 15.4 Å². The molecular weight excluding hydrogens is 339 g/mol. The van der Waals surface area contributed by atoms with Gasteiger partial charge in [0.1, 0.15) is 0 Å². The second-order valence-electron chi connectivity index (χ2n) is 6.18. The lowest BCUT2D eigenvalue weighted by Crippen LogP contribution is -2.21. The van der Waals surface area contributed by atoms with Gasteiger partial charge in [-0.15, -0.1) is 11.3 Å². The van der Waals surface area contributed by atoms with Gasteiger partial charge in [0.2, 0.25) is 0 Å². The molecule has 2 aromatic rings. The molecule has 3 rings (SSSR count). The minimum atomic E-state index is -0.346. The molecule has 0 bridgehead atoms. The third-order valence-corrected chi connectivity index (χ3v) is 4.87. The Bertz CT molecular complexity index is 673. The van der Waals surface area contributed by atoms with E-state index in [0.717, 1.165) is 56.4 Å². The molecule has 1 saturated heterocycles. The predicted octanol–water partition coefficient (Wildman–Crippen LogP) is 3.96. The summed E-state index contributed by atoms with van der Waals surface area (Å²) in [6.45, 7) is 6.51. The molecule has 5 nitrogen and oxygen atoms in total. The van der Waals surface area contributed by atoms with Crippen LogP contribution in [0.1, 0.15) is 31.9 Å². The number of anilines is 2. The van der Waals surface area contributed by atoms with Gasteiger partial charge >= 0.3 is 0 Å². The summed E-state index contributed by atoms with van der Waals surface area (Å²) < 4.78 is 19.6. The Kier molecular flexibility index (Phi) is 6.61. The molecule has 0 radical (unpaired) electrons. The first-order chi connectivity index (χ1) is 12.2. The van der Waals surface area contributed by atoms with Crippen molar-refractivity contribution in [3.8, 4) is 5.75 Å². The van der Waals surface area contributed by atoms with Crippen LogP contribution in [0, 0.1) is 5.82 Å². The minimum Gasteiger partial charge on any atom is -0.491 e. The largest absolute Gasteiger partial charge is 0.491 e. The fraction of sp³-hybridized carbons (Fsp3) is 0.500. The van der Waals surface area contributed by atoms with Gasteiger partial charge in [-0.3, -0.25) is 4.90 Å². The first-order valence-electron chi connectivity index (χ1n) is 8.81. The number of nitrogens with one attached hydrogen (secondary N) is 2. The average molecular weight is 364 g/mol. The van der Waals surface area contributed by atoms with E-state index < -0.39 is 0 Å². The van der Waals surface area contributed by atoms with Crippen LogP contribution >= 0.6 is 11.3 Å². The summed E-state index contributed by atoms with van der Waals surface area (Å²) in [5.41, 5.74) is 1.72. The van der Waals surface area contributed by atoms with E-state index in [9.17, 15) is 4.39 Å². The van der Waals surface area contributed by atoms with Gasteiger partial charge in [0, 0.05) is 43.4 Å². The summed E-state index contributed by atoms with van der Waals surface area (Å²) in [7, 11) is 0. The Morgan fingerprint density at radius 2 is 2.32 bits per heavy atom. The van der Waals surface area contributed by atoms with Crippen LogP contribution in [0.15, 0.2) is 23.6 Å². The molecule has 1 aromatic heterocycles. The Balaban J connectivity index is 1.53. The van der Waals surface area contributed by atoms with Crippen molar-refractivity contribution in [1.82, 2.24) is 15.2 Å². The third-order valence-electron chi connectivity index (χ3n) is 4.07. The summed E-state index contributed by atoms with van der Waals surface area (Å²) in [6.07, 6.45) is 3.17. The zero-order valence-electron chi connectivity index (χ0n) is 14.6. The van der Waals surface area contributed by atoms with E-state index in [0.29, 0.717) is 18.0 Å². The fourth-order valence-electron chi connectivity index (χ4n) is 2.71. The third kappa shape index (κ3) is 5.39. The lowest BCUT2D eigenvalue weighted by Gasteiger charge is -2.11. The molecule has 1 aliphatic heterocycles. The molecule has 1 aliphatic rings. The van der Waals surface area contributed by atoms with Crippen molar-refractivity contribution in [3.63, 3.8) is 0 Å². The number of nitrogens with zero attached hydrogens (tertiary/aromatic N) is 2. The van der Waals surface area contributed by atoms with Crippen molar-refractivity contribution in [2.45, 2.75) is 32.7 Å². The topological polar surface area (TPSA) is 49.4 Å². The van der Waals surface area contributed by atoms with E-state index >= 15 is 0 Å². The molecule has 0 unspecified atom stereocenters. The summed E-state index contributed by atoms with van der Waals surface area (Å²) in [5.74, 6) is -0.0376. The lowest BCUT2D eigenvalue weighted by atomic mass is 10.2. The number of hydrogen-bond acceptors (Lipinski definition) is 6. The van der Waals surface area contributed by atoms with Crippen molar-refractivity contribution >= 4 is 22.2 Å². The summed E-state index contributed by atoms with van der Waals surface area (Å²) in [6, 6.07) is 4.96. The maximum atomic E-state index is 14.1. The lowest BCUT2D eigenvalue weighted by molar-refractivity contribution is 0.291. The van der Waals surface area contributed by atoms with E-state index in [-0.39, 0.29) is 5.82 Å². The smallest absolute Gasteiger partial charge is 0.187 e. The molecule has 1 aromatic carbocycles. The van der Waals surface area contributed by atoms with Crippen molar-refractivity contribution in [2.75, 3.05) is 31.7 Å². The molecule has 0 aliphatic carbocycles. The molecule has 136 valence electrons. The SMILES string of the molecule is CCCCCOc1ccc(Nc2nc(CN3CCNC3)cs2)cc1F. The summed E-state index contributed by atoms with van der Waals surface area (Å²) >= 11 is 1.53. The van der Waals surface area contributed by atoms with Crippen LogP contribution in [0.5, 0.6) is 5.75 Å². The zero-order chi connectivity index (χ0) is 17.5. The standard InChI is InChI=1S/C18H25FN4OS/c1-2-3-4-9-24-17-6-5-14(10-16(17)19)21-18-22-15(12-25-18)11-23-8-7-20-13-23/h5-6,10,12,20H,2-4,7-9,11,13H2,1H3,(H,21,22). The Hall–Kier alpha value is -1.70. The van der Waals surface area contributed by atoms with Crippen molar-refractivity contribution in [1.29, 1.82) is 0 Å². The van der Waals surface area contributed by atoms with Crippen LogP contribution in [0.3, 0.4) is 0 Å². The highest BCUT2D eigenvalue weighted by molar-refractivity contribution is 7.13. The summed E-state index contributed by atoms with van der Waals surface area (Å²) in [5, 5.41) is 9.30. The van der Waals surface area contributed by atoms with E-state index in [2.05, 4.69) is 27.4 Å². The van der Waals surface area contributed by atoms with Crippen molar-refractivity contribution in [3.05, 3.63) is 35.1 Å². The Morgan fingerprint density at radius 1 is 1.40 bits per heavy atom. The average Bonchev–Trinajstić information content (AvgIpc) is 3.26. The molecule has 7 heteroatoms. The number of thiazole rings is 1. The molecule has 2 N–H and O–H groups in total. The second kappa shape index (κ2) is 9.12. The first kappa shape index (κ1) is 18.1. The van der Waals surface area contributed by atoms with Gasteiger partial charge in [0.05, 0.1) is 12.3 Å². The number of unbranched alkanes of at least 4 members (excludes halogenated alkanes) is 2. The van der Waals surface area contributed by atoms with Crippen LogP contribution in [0.2, 0.25) is 0 Å². The molecule has 0 amide bonds. The molecule has 25 heavy (non-hydrogen) atoms. The van der Waals surface area contributed by atoms with Gasteiger partial charge in [-0.25, -0.2) is 9.37 Å². The minimum absolute atomic E-state index is 0.308. The van der Waals surface area contributed by atoms with Crippen LogP contribution in [0.25, 0.3) is 0 Å². The quantitative estimate of drug-likeness (QED) is 0.660. The van der Waals surface area contributed by atoms with E-state index in [4.69, 9.17) is 4.74 Å². The summed E-state index contributed by atoms with van der Waals surface area (Å²) in [4.78, 5) is 6.88. The highest BCUT2D eigenvalue weighted by Crippen LogP contribution is 2.26. The van der Waals surface area contributed by atoms with Gasteiger partial charge in [-0.2, -0.15) is 0 Å². The molecular formula is C18H25FN4OS. The monoisotopic (exact) mass is 364 g/mol. The molecule has 2 heterocycles. The fourth-order valence-corrected chi connectivity index (χ4v) is 3.43. The van der Waals surface area contributed by atoms with Crippen molar-refractivity contribution in [2.24, 2.45) is 0 Å². The predicted molar refractivity (Wildman–Crippen MR) is 100 cm³/mol. The van der Waals surface area contributed by atoms with Crippen LogP contribution in [0.4, 0.5) is 15.2 Å². The van der Waals surface area contributed by atoms with Crippen molar-refractivity contribution < 1.29 is 9.13 Å². The van der Waals surface area contributed by atoms with Crippen LogP contribution in [-0.2, 0) is 6.54 Å². The number of rotatable bonds is 9. The number of ether oxygens (including phenoxy) is 1. The van der Waals surface area contributed by atoms with Gasteiger partial charge in [0.25, 0.3) is 0 Å². The molecule has 1 fully saturated rings. The Labute approximate surface area is 152 Å². The second-order valence-corrected chi connectivity index (χ2v) is 7.04. The maximum absolute atomic E-state index is 14.1. The maximum Gasteiger partial charge on any atom is 0.187 e. The van der Waals surface area contributed by atoms with E-state index in [1.54, 1.807) is 6.07 Å². The van der Waals surface area contributed by atoms with E-state index in [1.165, 1.54) is 17.4 Å². The molecule has 0 spiro atoms. The van der Waals surface area contributed by atoms with Gasteiger partial charge in [-0.05, 0) is 18.6 Å². The Morgan fingerprint density at radius 3 is 3.08 bits per heavy atom. The van der Waals surface area contributed by atoms with Gasteiger partial charge < -0.3 is 15.4 Å². The zero-order valence-corrected chi connectivity index (χ0v) is 15.4. The van der Waals surface area contributed by atoms with E-state index in [1.807, 2.05) is 11.4 Å². The number of hydrogen-bond donors (Lipinski definition) is 2. The van der Waals surface area contributed by atoms with Gasteiger partial charge in [0.15, 0.2) is 16.7 Å². The van der Waals surface area contributed by atoms with Gasteiger partial charge in [-0.1, -0.05) is 19.8 Å². The number of benzene rings is 1. The van der Waals surface area contributed by atoms with Crippen LogP contribution in [-0.4, -0.2) is 36.2 Å². The highest BCUT2D eigenvalue weighted by Gasteiger charge is 2.13.